The van der Waals surface area contributed by atoms with Crippen LogP contribution in [0.1, 0.15) is 52.0 Å². The third-order valence-corrected chi connectivity index (χ3v) is 3.79. The van der Waals surface area contributed by atoms with Crippen molar-refractivity contribution in [1.82, 2.24) is 14.5 Å². The van der Waals surface area contributed by atoms with Gasteiger partial charge in [0.1, 0.15) is 5.52 Å². The lowest BCUT2D eigenvalue weighted by molar-refractivity contribution is 0.276. The van der Waals surface area contributed by atoms with Crippen LogP contribution in [0.4, 0.5) is 5.95 Å². The molecule has 4 heteroatoms. The number of fused-ring (bicyclic) bond motifs is 1. The molecule has 0 unspecified atom stereocenters. The second kappa shape index (κ2) is 5.81. The van der Waals surface area contributed by atoms with E-state index in [-0.39, 0.29) is 5.41 Å². The molecule has 0 spiro atoms. The van der Waals surface area contributed by atoms with Gasteiger partial charge in [-0.1, -0.05) is 40.0 Å². The first-order valence-electron chi connectivity index (χ1n) is 7.51. The molecule has 0 fully saturated rings. The number of hydrogen-bond donors (Lipinski definition) is 1. The van der Waals surface area contributed by atoms with Gasteiger partial charge in [0.05, 0.1) is 0 Å². The van der Waals surface area contributed by atoms with Gasteiger partial charge in [0.2, 0.25) is 5.95 Å². The molecule has 2 rings (SSSR count). The molecule has 0 aliphatic carbocycles. The van der Waals surface area contributed by atoms with Gasteiger partial charge in [-0.05, 0) is 30.4 Å². The summed E-state index contributed by atoms with van der Waals surface area (Å²) >= 11 is 0. The number of aromatic nitrogens is 3. The van der Waals surface area contributed by atoms with Crippen LogP contribution in [0.2, 0.25) is 0 Å². The Labute approximate surface area is 121 Å². The number of rotatable bonds is 6. The summed E-state index contributed by atoms with van der Waals surface area (Å²) in [6.07, 6.45) is 6.90. The first kappa shape index (κ1) is 14.8. The largest absolute Gasteiger partial charge is 0.369 e. The van der Waals surface area contributed by atoms with E-state index in [2.05, 4.69) is 35.3 Å². The van der Waals surface area contributed by atoms with E-state index in [1.165, 1.54) is 25.7 Å². The van der Waals surface area contributed by atoms with Crippen molar-refractivity contribution in [3.05, 3.63) is 17.8 Å². The SMILES string of the molecule is CCCCCC(C)(C)Cn1c(N)nc2cc(C)cnc21. The Kier molecular flexibility index (Phi) is 4.31. The van der Waals surface area contributed by atoms with E-state index in [0.29, 0.717) is 5.95 Å². The zero-order chi connectivity index (χ0) is 14.8. The first-order chi connectivity index (χ1) is 9.43. The van der Waals surface area contributed by atoms with E-state index >= 15 is 0 Å². The van der Waals surface area contributed by atoms with E-state index in [4.69, 9.17) is 5.73 Å². The highest BCUT2D eigenvalue weighted by atomic mass is 15.2. The Morgan fingerprint density at radius 3 is 2.75 bits per heavy atom. The van der Waals surface area contributed by atoms with Crippen LogP contribution in [0.3, 0.4) is 0 Å². The summed E-state index contributed by atoms with van der Waals surface area (Å²) in [4.78, 5) is 8.94. The molecule has 0 aromatic carbocycles. The van der Waals surface area contributed by atoms with E-state index in [1.807, 2.05) is 19.2 Å². The van der Waals surface area contributed by atoms with E-state index in [0.717, 1.165) is 23.3 Å². The molecule has 0 radical (unpaired) electrons. The smallest absolute Gasteiger partial charge is 0.202 e. The standard InChI is InChI=1S/C16H26N4/c1-5-6-7-8-16(3,4)11-20-14-13(19-15(20)17)9-12(2)10-18-14/h9-10H,5-8,11H2,1-4H3,(H2,17,19). The van der Waals surface area contributed by atoms with Gasteiger partial charge >= 0.3 is 0 Å². The fourth-order valence-electron chi connectivity index (χ4n) is 2.65. The lowest BCUT2D eigenvalue weighted by Crippen LogP contribution is -2.21. The number of nitrogens with two attached hydrogens (primary N) is 1. The van der Waals surface area contributed by atoms with Crippen LogP contribution in [0.25, 0.3) is 11.2 Å². The second-order valence-corrected chi connectivity index (χ2v) is 6.53. The minimum Gasteiger partial charge on any atom is -0.369 e. The van der Waals surface area contributed by atoms with Crippen molar-refractivity contribution in [2.75, 3.05) is 5.73 Å². The highest BCUT2D eigenvalue weighted by molar-refractivity contribution is 5.74. The summed E-state index contributed by atoms with van der Waals surface area (Å²) in [7, 11) is 0. The molecule has 2 aromatic heterocycles. The fraction of sp³-hybridized carbons (Fsp3) is 0.625. The maximum absolute atomic E-state index is 6.08. The van der Waals surface area contributed by atoms with Gasteiger partial charge in [-0.15, -0.1) is 0 Å². The topological polar surface area (TPSA) is 56.7 Å². The minimum atomic E-state index is 0.212. The highest BCUT2D eigenvalue weighted by Crippen LogP contribution is 2.29. The maximum Gasteiger partial charge on any atom is 0.202 e. The third-order valence-electron chi connectivity index (χ3n) is 3.79. The maximum atomic E-state index is 6.08. The predicted molar refractivity (Wildman–Crippen MR) is 84.6 cm³/mol. The number of pyridine rings is 1. The molecule has 0 amide bonds. The van der Waals surface area contributed by atoms with Gasteiger partial charge in [-0.2, -0.15) is 0 Å². The van der Waals surface area contributed by atoms with Gasteiger partial charge in [0, 0.05) is 12.7 Å². The monoisotopic (exact) mass is 274 g/mol. The number of nitrogen functional groups attached to an aromatic ring is 1. The van der Waals surface area contributed by atoms with E-state index < -0.39 is 0 Å². The molecule has 0 saturated heterocycles. The van der Waals surface area contributed by atoms with Crippen molar-refractivity contribution in [3.63, 3.8) is 0 Å². The van der Waals surface area contributed by atoms with Crippen LogP contribution >= 0.6 is 0 Å². The molecular formula is C16H26N4. The van der Waals surface area contributed by atoms with Crippen molar-refractivity contribution < 1.29 is 0 Å². The Hall–Kier alpha value is -1.58. The first-order valence-corrected chi connectivity index (χ1v) is 7.51. The summed E-state index contributed by atoms with van der Waals surface area (Å²) in [6, 6.07) is 2.04. The molecule has 4 nitrogen and oxygen atoms in total. The molecule has 0 aliphatic rings. The molecule has 2 heterocycles. The molecule has 20 heavy (non-hydrogen) atoms. The summed E-state index contributed by atoms with van der Waals surface area (Å²) in [5.74, 6) is 0.571. The lowest BCUT2D eigenvalue weighted by Gasteiger charge is -2.25. The minimum absolute atomic E-state index is 0.212. The zero-order valence-electron chi connectivity index (χ0n) is 13.1. The molecule has 0 saturated carbocycles. The lowest BCUT2D eigenvalue weighted by atomic mass is 9.87. The second-order valence-electron chi connectivity index (χ2n) is 6.53. The van der Waals surface area contributed by atoms with Crippen LogP contribution in [0.15, 0.2) is 12.3 Å². The number of hydrogen-bond acceptors (Lipinski definition) is 3. The average molecular weight is 274 g/mol. The molecular weight excluding hydrogens is 248 g/mol. The molecule has 0 aliphatic heterocycles. The zero-order valence-corrected chi connectivity index (χ0v) is 13.1. The number of nitrogens with zero attached hydrogens (tertiary/aromatic N) is 3. The molecule has 2 N–H and O–H groups in total. The van der Waals surface area contributed by atoms with Gasteiger partial charge in [-0.3, -0.25) is 4.57 Å². The van der Waals surface area contributed by atoms with Crippen LogP contribution in [0.5, 0.6) is 0 Å². The van der Waals surface area contributed by atoms with Crippen molar-refractivity contribution in [2.45, 2.75) is 59.9 Å². The van der Waals surface area contributed by atoms with Gasteiger partial charge < -0.3 is 5.73 Å². The number of unbranched alkanes of at least 4 members (excludes halogenated alkanes) is 2. The summed E-state index contributed by atoms with van der Waals surface area (Å²) in [5, 5.41) is 0. The number of aryl methyl sites for hydroxylation is 1. The summed E-state index contributed by atoms with van der Waals surface area (Å²) < 4.78 is 2.06. The van der Waals surface area contributed by atoms with Crippen molar-refractivity contribution in [1.29, 1.82) is 0 Å². The number of anilines is 1. The molecule has 110 valence electrons. The van der Waals surface area contributed by atoms with Crippen LogP contribution in [-0.2, 0) is 6.54 Å². The normalized spacial score (nSPS) is 12.2. The van der Waals surface area contributed by atoms with Crippen molar-refractivity contribution >= 4 is 17.1 Å². The van der Waals surface area contributed by atoms with Gasteiger partial charge in [0.25, 0.3) is 0 Å². The Morgan fingerprint density at radius 1 is 1.30 bits per heavy atom. The molecule has 0 bridgehead atoms. The average Bonchev–Trinajstić information content (AvgIpc) is 2.65. The Morgan fingerprint density at radius 2 is 2.05 bits per heavy atom. The van der Waals surface area contributed by atoms with E-state index in [9.17, 15) is 0 Å². The van der Waals surface area contributed by atoms with Crippen LogP contribution < -0.4 is 5.73 Å². The predicted octanol–water partition coefficient (Wildman–Crippen LogP) is 3.93. The van der Waals surface area contributed by atoms with Crippen LogP contribution in [0, 0.1) is 12.3 Å². The van der Waals surface area contributed by atoms with Gasteiger partial charge in [0.15, 0.2) is 5.65 Å². The summed E-state index contributed by atoms with van der Waals surface area (Å²) in [5.41, 5.74) is 9.20. The summed E-state index contributed by atoms with van der Waals surface area (Å²) in [6.45, 7) is 9.72. The Balaban J connectivity index is 2.22. The molecule has 2 aromatic rings. The highest BCUT2D eigenvalue weighted by Gasteiger charge is 2.21. The number of imidazole rings is 1. The quantitative estimate of drug-likeness (QED) is 0.812. The van der Waals surface area contributed by atoms with Crippen LogP contribution in [-0.4, -0.2) is 14.5 Å². The molecule has 0 atom stereocenters. The van der Waals surface area contributed by atoms with E-state index in [1.54, 1.807) is 0 Å². The fourth-order valence-corrected chi connectivity index (χ4v) is 2.65. The van der Waals surface area contributed by atoms with Crippen molar-refractivity contribution in [2.24, 2.45) is 5.41 Å². The Bertz CT molecular complexity index is 583. The van der Waals surface area contributed by atoms with Gasteiger partial charge in [-0.25, -0.2) is 9.97 Å². The van der Waals surface area contributed by atoms with Crippen molar-refractivity contribution in [3.8, 4) is 0 Å². The third kappa shape index (κ3) is 3.30.